The van der Waals surface area contributed by atoms with Crippen LogP contribution in [0.2, 0.25) is 0 Å². The van der Waals surface area contributed by atoms with Gasteiger partial charge < -0.3 is 15.2 Å². The Kier molecular flexibility index (Phi) is 8.26. The van der Waals surface area contributed by atoms with Crippen LogP contribution in [0.4, 0.5) is 0 Å². The third-order valence-corrected chi connectivity index (χ3v) is 3.13. The fourth-order valence-corrected chi connectivity index (χ4v) is 1.91. The second-order valence-electron chi connectivity index (χ2n) is 5.08. The van der Waals surface area contributed by atoms with E-state index in [4.69, 9.17) is 4.74 Å². The topological polar surface area (TPSA) is 41.5 Å². The molecule has 0 amide bonds. The standard InChI is InChI=1S/C16H27NO2/c1-3-4-6-9-14(2)17-12-15(18)13-19-16-10-7-5-8-11-16/h5,7-8,10-11,14-15,17-18H,3-4,6,9,12-13H2,1-2H3. The number of nitrogens with one attached hydrogen (secondary N) is 1. The van der Waals surface area contributed by atoms with E-state index in [0.29, 0.717) is 19.2 Å². The Labute approximate surface area is 117 Å². The van der Waals surface area contributed by atoms with Crippen molar-refractivity contribution in [3.63, 3.8) is 0 Å². The first-order valence-electron chi connectivity index (χ1n) is 7.31. The lowest BCUT2D eigenvalue weighted by Gasteiger charge is -2.17. The minimum Gasteiger partial charge on any atom is -0.491 e. The van der Waals surface area contributed by atoms with E-state index < -0.39 is 6.10 Å². The third-order valence-electron chi connectivity index (χ3n) is 3.13. The first kappa shape index (κ1) is 16.0. The summed E-state index contributed by atoms with van der Waals surface area (Å²) in [6, 6.07) is 10.0. The largest absolute Gasteiger partial charge is 0.491 e. The minimum atomic E-state index is -0.464. The van der Waals surface area contributed by atoms with E-state index >= 15 is 0 Å². The van der Waals surface area contributed by atoms with Gasteiger partial charge in [0.15, 0.2) is 0 Å². The molecule has 0 aromatic heterocycles. The van der Waals surface area contributed by atoms with Crippen LogP contribution in [0.25, 0.3) is 0 Å². The second-order valence-corrected chi connectivity index (χ2v) is 5.08. The van der Waals surface area contributed by atoms with Crippen LogP contribution in [0.3, 0.4) is 0 Å². The number of benzene rings is 1. The van der Waals surface area contributed by atoms with Crippen LogP contribution >= 0.6 is 0 Å². The van der Waals surface area contributed by atoms with E-state index in [0.717, 1.165) is 5.75 Å². The van der Waals surface area contributed by atoms with Gasteiger partial charge in [0.05, 0.1) is 0 Å². The van der Waals surface area contributed by atoms with Crippen LogP contribution in [0.5, 0.6) is 5.75 Å². The van der Waals surface area contributed by atoms with Crippen molar-refractivity contribution in [2.45, 2.75) is 51.7 Å². The quantitative estimate of drug-likeness (QED) is 0.639. The van der Waals surface area contributed by atoms with Crippen molar-refractivity contribution in [2.24, 2.45) is 0 Å². The van der Waals surface area contributed by atoms with Crippen molar-refractivity contribution in [3.8, 4) is 5.75 Å². The number of aliphatic hydroxyl groups is 1. The average Bonchev–Trinajstić information content (AvgIpc) is 2.44. The highest BCUT2D eigenvalue weighted by molar-refractivity contribution is 5.20. The highest BCUT2D eigenvalue weighted by atomic mass is 16.5. The molecule has 1 aromatic carbocycles. The summed E-state index contributed by atoms with van der Waals surface area (Å²) in [5.41, 5.74) is 0. The van der Waals surface area contributed by atoms with Crippen LogP contribution < -0.4 is 10.1 Å². The summed E-state index contributed by atoms with van der Waals surface area (Å²) in [6.07, 6.45) is 4.49. The zero-order valence-corrected chi connectivity index (χ0v) is 12.1. The monoisotopic (exact) mass is 265 g/mol. The van der Waals surface area contributed by atoms with Gasteiger partial charge in [-0.25, -0.2) is 0 Å². The highest BCUT2D eigenvalue weighted by Crippen LogP contribution is 2.08. The van der Waals surface area contributed by atoms with Crippen molar-refractivity contribution in [1.82, 2.24) is 5.32 Å². The fourth-order valence-electron chi connectivity index (χ4n) is 1.91. The third kappa shape index (κ3) is 7.85. The fraction of sp³-hybridized carbons (Fsp3) is 0.625. The van der Waals surface area contributed by atoms with Gasteiger partial charge in [0, 0.05) is 12.6 Å². The number of unbranched alkanes of at least 4 members (excludes halogenated alkanes) is 2. The van der Waals surface area contributed by atoms with Gasteiger partial charge in [-0.2, -0.15) is 0 Å². The maximum Gasteiger partial charge on any atom is 0.119 e. The van der Waals surface area contributed by atoms with Crippen LogP contribution in [0.15, 0.2) is 30.3 Å². The number of hydrogen-bond acceptors (Lipinski definition) is 3. The molecule has 0 spiro atoms. The highest BCUT2D eigenvalue weighted by Gasteiger charge is 2.07. The molecule has 0 aliphatic heterocycles. The van der Waals surface area contributed by atoms with E-state index in [2.05, 4.69) is 19.2 Å². The molecule has 0 saturated heterocycles. The van der Waals surface area contributed by atoms with Crippen LogP contribution in [-0.4, -0.2) is 30.4 Å². The molecule has 2 N–H and O–H groups in total. The van der Waals surface area contributed by atoms with E-state index in [9.17, 15) is 5.11 Å². The molecule has 0 radical (unpaired) electrons. The molecule has 0 saturated carbocycles. The number of rotatable bonds is 10. The molecule has 2 unspecified atom stereocenters. The van der Waals surface area contributed by atoms with E-state index in [1.54, 1.807) is 0 Å². The van der Waals surface area contributed by atoms with Gasteiger partial charge in [-0.05, 0) is 25.5 Å². The summed E-state index contributed by atoms with van der Waals surface area (Å²) in [5, 5.41) is 13.2. The summed E-state index contributed by atoms with van der Waals surface area (Å²) >= 11 is 0. The molecule has 2 atom stereocenters. The van der Waals surface area contributed by atoms with E-state index in [-0.39, 0.29) is 0 Å². The minimum absolute atomic E-state index is 0.332. The molecule has 3 nitrogen and oxygen atoms in total. The van der Waals surface area contributed by atoms with Gasteiger partial charge in [-0.3, -0.25) is 0 Å². The van der Waals surface area contributed by atoms with Gasteiger partial charge in [-0.15, -0.1) is 0 Å². The van der Waals surface area contributed by atoms with Gasteiger partial charge in [0.25, 0.3) is 0 Å². The zero-order chi connectivity index (χ0) is 13.9. The van der Waals surface area contributed by atoms with Gasteiger partial charge >= 0.3 is 0 Å². The van der Waals surface area contributed by atoms with Gasteiger partial charge in [0.2, 0.25) is 0 Å². The lowest BCUT2D eigenvalue weighted by molar-refractivity contribution is 0.104. The number of hydrogen-bond donors (Lipinski definition) is 2. The molecule has 1 rings (SSSR count). The Bertz CT molecular complexity index is 316. The Balaban J connectivity index is 2.09. The lowest BCUT2D eigenvalue weighted by Crippen LogP contribution is -2.36. The van der Waals surface area contributed by atoms with Crippen LogP contribution in [-0.2, 0) is 0 Å². The van der Waals surface area contributed by atoms with Crippen molar-refractivity contribution < 1.29 is 9.84 Å². The first-order chi connectivity index (χ1) is 9.22. The summed E-state index contributed by atoms with van der Waals surface area (Å²) in [6.45, 7) is 5.29. The zero-order valence-electron chi connectivity index (χ0n) is 12.1. The van der Waals surface area contributed by atoms with Gasteiger partial charge in [0.1, 0.15) is 18.5 Å². The summed E-state index contributed by atoms with van der Waals surface area (Å²) in [4.78, 5) is 0. The summed E-state index contributed by atoms with van der Waals surface area (Å²) < 4.78 is 5.51. The Morgan fingerprint density at radius 2 is 1.95 bits per heavy atom. The molecule has 108 valence electrons. The predicted molar refractivity (Wildman–Crippen MR) is 79.6 cm³/mol. The number of para-hydroxylation sites is 1. The Hall–Kier alpha value is -1.06. The normalized spacial score (nSPS) is 14.1. The van der Waals surface area contributed by atoms with Crippen LogP contribution in [0, 0.1) is 0 Å². The average molecular weight is 265 g/mol. The smallest absolute Gasteiger partial charge is 0.119 e. The first-order valence-corrected chi connectivity index (χ1v) is 7.31. The summed E-state index contributed by atoms with van der Waals surface area (Å²) in [5.74, 6) is 0.803. The molecule has 0 bridgehead atoms. The van der Waals surface area contributed by atoms with Crippen molar-refractivity contribution in [3.05, 3.63) is 30.3 Å². The maximum atomic E-state index is 9.84. The molecule has 0 heterocycles. The molecule has 0 fully saturated rings. The molecule has 0 aliphatic rings. The summed E-state index contributed by atoms with van der Waals surface area (Å²) in [7, 11) is 0. The van der Waals surface area contributed by atoms with Crippen molar-refractivity contribution in [1.29, 1.82) is 0 Å². The van der Waals surface area contributed by atoms with Crippen LogP contribution in [0.1, 0.15) is 39.5 Å². The number of aliphatic hydroxyl groups excluding tert-OH is 1. The molecule has 0 aliphatic carbocycles. The molecular formula is C16H27NO2. The molecule has 1 aromatic rings. The molecular weight excluding hydrogens is 238 g/mol. The second kappa shape index (κ2) is 9.82. The molecule has 19 heavy (non-hydrogen) atoms. The predicted octanol–water partition coefficient (Wildman–Crippen LogP) is 2.98. The SMILES string of the molecule is CCCCCC(C)NCC(O)COc1ccccc1. The van der Waals surface area contributed by atoms with Crippen molar-refractivity contribution >= 4 is 0 Å². The number of ether oxygens (including phenoxy) is 1. The van der Waals surface area contributed by atoms with Gasteiger partial charge in [-0.1, -0.05) is 44.4 Å². The maximum absolute atomic E-state index is 9.84. The Morgan fingerprint density at radius 1 is 1.21 bits per heavy atom. The van der Waals surface area contributed by atoms with E-state index in [1.807, 2.05) is 30.3 Å². The van der Waals surface area contributed by atoms with Crippen molar-refractivity contribution in [2.75, 3.05) is 13.2 Å². The Morgan fingerprint density at radius 3 is 2.63 bits per heavy atom. The molecule has 3 heteroatoms. The lowest BCUT2D eigenvalue weighted by atomic mass is 10.1. The van der Waals surface area contributed by atoms with E-state index in [1.165, 1.54) is 25.7 Å².